The topological polar surface area (TPSA) is 59.3 Å². The molecule has 0 spiro atoms. The van der Waals surface area contributed by atoms with Gasteiger partial charge < -0.3 is 9.47 Å². The van der Waals surface area contributed by atoms with Gasteiger partial charge in [-0.2, -0.15) is 5.26 Å². The van der Waals surface area contributed by atoms with Crippen LogP contribution in [0.15, 0.2) is 24.3 Å². The number of rotatable bonds is 9. The van der Waals surface area contributed by atoms with E-state index >= 15 is 0 Å². The third kappa shape index (κ3) is 5.76. The highest BCUT2D eigenvalue weighted by Crippen LogP contribution is 2.41. The van der Waals surface area contributed by atoms with Gasteiger partial charge in [0.05, 0.1) is 23.7 Å². The van der Waals surface area contributed by atoms with Gasteiger partial charge in [0.25, 0.3) is 0 Å². The lowest BCUT2D eigenvalue weighted by molar-refractivity contribution is 0.0105. The second-order valence-corrected chi connectivity index (χ2v) is 7.33. The third-order valence-electron chi connectivity index (χ3n) is 5.22. The van der Waals surface area contributed by atoms with Crippen molar-refractivity contribution < 1.29 is 14.3 Å². The third-order valence-corrected chi connectivity index (χ3v) is 5.22. The number of unbranched alkanes of at least 4 members (excludes halogenated alkanes) is 2. The highest BCUT2D eigenvalue weighted by molar-refractivity contribution is 5.89. The minimum Gasteiger partial charge on any atom is -0.494 e. The Morgan fingerprint density at radius 1 is 1.15 bits per heavy atom. The molecule has 0 amide bonds. The molecule has 1 fully saturated rings. The molecule has 1 aliphatic carbocycles. The second kappa shape index (κ2) is 10.2. The predicted octanol–water partition coefficient (Wildman–Crippen LogP) is 5.67. The molecule has 1 saturated carbocycles. The number of hydrogen-bond donors (Lipinski definition) is 0. The van der Waals surface area contributed by atoms with Crippen molar-refractivity contribution in [3.8, 4) is 11.8 Å². The fourth-order valence-electron chi connectivity index (χ4n) is 3.52. The van der Waals surface area contributed by atoms with E-state index in [0.29, 0.717) is 12.2 Å². The van der Waals surface area contributed by atoms with E-state index in [1.807, 2.05) is 12.1 Å². The second-order valence-electron chi connectivity index (χ2n) is 7.33. The van der Waals surface area contributed by atoms with Crippen LogP contribution in [0.5, 0.6) is 5.75 Å². The molecule has 0 aromatic heterocycles. The van der Waals surface area contributed by atoms with E-state index in [1.54, 1.807) is 12.1 Å². The molecule has 0 N–H and O–H groups in total. The first-order valence-electron chi connectivity index (χ1n) is 9.97. The summed E-state index contributed by atoms with van der Waals surface area (Å²) in [6.07, 6.45) is 8.53. The molecule has 4 heteroatoms. The normalized spacial score (nSPS) is 22.4. The van der Waals surface area contributed by atoms with E-state index in [0.717, 1.165) is 50.7 Å². The molecule has 1 aliphatic rings. The van der Waals surface area contributed by atoms with Crippen LogP contribution in [0.2, 0.25) is 0 Å². The molecular formula is C22H31NO3. The molecule has 0 saturated heterocycles. The monoisotopic (exact) mass is 357 g/mol. The van der Waals surface area contributed by atoms with Crippen LogP contribution >= 0.6 is 0 Å². The molecule has 4 nitrogen and oxygen atoms in total. The summed E-state index contributed by atoms with van der Waals surface area (Å²) in [5.74, 6) is 0.486. The molecule has 0 aliphatic heterocycles. The highest BCUT2D eigenvalue weighted by atomic mass is 16.5. The van der Waals surface area contributed by atoms with Crippen molar-refractivity contribution in [1.82, 2.24) is 0 Å². The largest absolute Gasteiger partial charge is 0.494 e. The molecule has 0 radical (unpaired) electrons. The molecule has 1 aromatic rings. The van der Waals surface area contributed by atoms with Gasteiger partial charge in [0.15, 0.2) is 0 Å². The zero-order chi connectivity index (χ0) is 18.8. The van der Waals surface area contributed by atoms with Gasteiger partial charge in [0.1, 0.15) is 11.9 Å². The summed E-state index contributed by atoms with van der Waals surface area (Å²) in [4.78, 5) is 12.4. The van der Waals surface area contributed by atoms with Crippen molar-refractivity contribution in [3.63, 3.8) is 0 Å². The van der Waals surface area contributed by atoms with Gasteiger partial charge in [-0.05, 0) is 62.8 Å². The minimum atomic E-state index is -0.285. The molecule has 0 atom stereocenters. The van der Waals surface area contributed by atoms with Crippen LogP contribution in [0.4, 0.5) is 0 Å². The molecule has 26 heavy (non-hydrogen) atoms. The Balaban J connectivity index is 1.82. The summed E-state index contributed by atoms with van der Waals surface area (Å²) in [5.41, 5.74) is 0.338. The molecule has 2 rings (SSSR count). The van der Waals surface area contributed by atoms with E-state index in [1.165, 1.54) is 12.8 Å². The summed E-state index contributed by atoms with van der Waals surface area (Å²) in [6, 6.07) is 9.67. The number of benzene rings is 1. The molecule has 0 bridgehead atoms. The van der Waals surface area contributed by atoms with Crippen molar-refractivity contribution in [1.29, 1.82) is 5.26 Å². The maximum absolute atomic E-state index is 12.4. The summed E-state index contributed by atoms with van der Waals surface area (Å²) >= 11 is 0. The highest BCUT2D eigenvalue weighted by Gasteiger charge is 2.36. The van der Waals surface area contributed by atoms with Gasteiger partial charge in [-0.3, -0.25) is 0 Å². The maximum atomic E-state index is 12.4. The number of hydrogen-bond acceptors (Lipinski definition) is 4. The number of esters is 1. The lowest BCUT2D eigenvalue weighted by Crippen LogP contribution is -2.31. The Hall–Kier alpha value is -2.02. The molecule has 0 unspecified atom stereocenters. The van der Waals surface area contributed by atoms with Crippen LogP contribution in [-0.4, -0.2) is 18.7 Å². The van der Waals surface area contributed by atoms with Gasteiger partial charge in [-0.25, -0.2) is 4.79 Å². The standard InChI is InChI=1S/C22H31NO3/c1-3-5-6-13-22(17-23)14-11-20(12-15-22)26-21(24)18-7-9-19(10-8-18)25-16-4-2/h7-10,20H,3-6,11-16H2,1-2H3/t20-,22-. The van der Waals surface area contributed by atoms with Crippen LogP contribution in [0.25, 0.3) is 0 Å². The van der Waals surface area contributed by atoms with Crippen molar-refractivity contribution >= 4 is 5.97 Å². The minimum absolute atomic E-state index is 0.0776. The fraction of sp³-hybridized carbons (Fsp3) is 0.636. The Bertz CT molecular complexity index is 595. The van der Waals surface area contributed by atoms with Crippen molar-refractivity contribution in [2.24, 2.45) is 5.41 Å². The van der Waals surface area contributed by atoms with E-state index in [-0.39, 0.29) is 17.5 Å². The van der Waals surface area contributed by atoms with E-state index in [4.69, 9.17) is 9.47 Å². The van der Waals surface area contributed by atoms with Crippen LogP contribution in [0.1, 0.15) is 82.0 Å². The molecule has 1 aromatic carbocycles. The number of carbonyl (C=O) groups excluding carboxylic acids is 1. The van der Waals surface area contributed by atoms with Crippen molar-refractivity contribution in [3.05, 3.63) is 29.8 Å². The zero-order valence-corrected chi connectivity index (χ0v) is 16.1. The van der Waals surface area contributed by atoms with Gasteiger partial charge in [0.2, 0.25) is 0 Å². The van der Waals surface area contributed by atoms with E-state index < -0.39 is 0 Å². The Labute approximate surface area is 157 Å². The SMILES string of the molecule is CCCCC[C@]1(C#N)CC[C@H](OC(=O)c2ccc(OCCC)cc2)CC1. The Morgan fingerprint density at radius 2 is 1.85 bits per heavy atom. The summed E-state index contributed by atoms with van der Waals surface area (Å²) in [7, 11) is 0. The summed E-state index contributed by atoms with van der Waals surface area (Å²) in [5, 5.41) is 9.60. The first-order valence-corrected chi connectivity index (χ1v) is 9.97. The average molecular weight is 357 g/mol. The summed E-state index contributed by atoms with van der Waals surface area (Å²) < 4.78 is 11.2. The van der Waals surface area contributed by atoms with Crippen LogP contribution in [-0.2, 0) is 4.74 Å². The van der Waals surface area contributed by atoms with Gasteiger partial charge >= 0.3 is 5.97 Å². The summed E-state index contributed by atoms with van der Waals surface area (Å²) in [6.45, 7) is 4.91. The quantitative estimate of drug-likeness (QED) is 0.422. The van der Waals surface area contributed by atoms with Crippen LogP contribution < -0.4 is 4.74 Å². The average Bonchev–Trinajstić information content (AvgIpc) is 2.68. The Kier molecular flexibility index (Phi) is 7.97. The molecule has 0 heterocycles. The van der Waals surface area contributed by atoms with Crippen molar-refractivity contribution in [2.45, 2.75) is 77.7 Å². The molecular weight excluding hydrogens is 326 g/mol. The predicted molar refractivity (Wildman–Crippen MR) is 102 cm³/mol. The number of nitrogens with zero attached hydrogens (tertiary/aromatic N) is 1. The smallest absolute Gasteiger partial charge is 0.338 e. The van der Waals surface area contributed by atoms with Crippen LogP contribution in [0.3, 0.4) is 0 Å². The number of carbonyl (C=O) groups is 1. The van der Waals surface area contributed by atoms with Crippen LogP contribution in [0, 0.1) is 16.7 Å². The lowest BCUT2D eigenvalue weighted by Gasteiger charge is -2.34. The number of nitriles is 1. The lowest BCUT2D eigenvalue weighted by atomic mass is 9.71. The first kappa shape index (κ1) is 20.3. The van der Waals surface area contributed by atoms with Crippen molar-refractivity contribution in [2.75, 3.05) is 6.61 Å². The molecule has 142 valence electrons. The van der Waals surface area contributed by atoms with E-state index in [9.17, 15) is 10.1 Å². The van der Waals surface area contributed by atoms with E-state index in [2.05, 4.69) is 19.9 Å². The van der Waals surface area contributed by atoms with Gasteiger partial charge in [-0.15, -0.1) is 0 Å². The van der Waals surface area contributed by atoms with Gasteiger partial charge in [-0.1, -0.05) is 33.1 Å². The van der Waals surface area contributed by atoms with Gasteiger partial charge in [0, 0.05) is 0 Å². The number of ether oxygens (including phenoxy) is 2. The fourth-order valence-corrected chi connectivity index (χ4v) is 3.52. The zero-order valence-electron chi connectivity index (χ0n) is 16.1. The Morgan fingerprint density at radius 3 is 2.42 bits per heavy atom. The first-order chi connectivity index (χ1) is 12.6. The maximum Gasteiger partial charge on any atom is 0.338 e.